The monoisotopic (exact) mass is 335 g/mol. The minimum Gasteiger partial charge on any atom is -0.497 e. The molecule has 0 saturated carbocycles. The molecule has 5 nitrogen and oxygen atoms in total. The molecule has 0 aliphatic carbocycles. The highest BCUT2D eigenvalue weighted by molar-refractivity contribution is 5.38. The van der Waals surface area contributed by atoms with Crippen LogP contribution in [-0.4, -0.2) is 57.6 Å². The SMILES string of the molecule is COc1cc(CN2CCC3(CC2)OCCC[C@@H]3OC)cc(OC)c1. The van der Waals surface area contributed by atoms with Crippen molar-refractivity contribution in [1.29, 1.82) is 0 Å². The summed E-state index contributed by atoms with van der Waals surface area (Å²) >= 11 is 0. The molecule has 1 spiro atoms. The second-order valence-electron chi connectivity index (χ2n) is 6.78. The van der Waals surface area contributed by atoms with Gasteiger partial charge in [-0.1, -0.05) is 0 Å². The van der Waals surface area contributed by atoms with Crippen LogP contribution in [0.15, 0.2) is 18.2 Å². The molecule has 24 heavy (non-hydrogen) atoms. The van der Waals surface area contributed by atoms with Crippen molar-refractivity contribution in [3.05, 3.63) is 23.8 Å². The molecule has 2 aliphatic rings. The van der Waals surface area contributed by atoms with Crippen LogP contribution < -0.4 is 9.47 Å². The summed E-state index contributed by atoms with van der Waals surface area (Å²) in [5.41, 5.74) is 1.14. The van der Waals surface area contributed by atoms with Crippen molar-refractivity contribution in [2.24, 2.45) is 0 Å². The zero-order chi connectivity index (χ0) is 17.0. The standard InChI is InChI=1S/C19H29NO4/c1-21-16-11-15(12-17(13-16)22-2)14-20-8-6-19(7-9-20)18(23-3)5-4-10-24-19/h11-13,18H,4-10,14H2,1-3H3/t18-/m0/s1. The van der Waals surface area contributed by atoms with E-state index in [2.05, 4.69) is 17.0 Å². The molecule has 5 heteroatoms. The first-order valence-corrected chi connectivity index (χ1v) is 8.80. The van der Waals surface area contributed by atoms with Crippen LogP contribution in [0.5, 0.6) is 11.5 Å². The second-order valence-corrected chi connectivity index (χ2v) is 6.78. The van der Waals surface area contributed by atoms with Crippen molar-refractivity contribution in [2.45, 2.75) is 43.9 Å². The first kappa shape index (κ1) is 17.5. The van der Waals surface area contributed by atoms with E-state index in [1.807, 2.05) is 13.2 Å². The quantitative estimate of drug-likeness (QED) is 0.827. The molecule has 0 amide bonds. The Morgan fingerprint density at radius 3 is 2.33 bits per heavy atom. The fraction of sp³-hybridized carbons (Fsp3) is 0.684. The van der Waals surface area contributed by atoms with E-state index in [1.54, 1.807) is 14.2 Å². The largest absolute Gasteiger partial charge is 0.497 e. The number of rotatable bonds is 5. The summed E-state index contributed by atoms with van der Waals surface area (Å²) in [5.74, 6) is 1.68. The lowest BCUT2D eigenvalue weighted by Gasteiger charge is -2.48. The lowest BCUT2D eigenvalue weighted by molar-refractivity contribution is -0.186. The van der Waals surface area contributed by atoms with E-state index in [0.29, 0.717) is 0 Å². The van der Waals surface area contributed by atoms with Crippen LogP contribution in [0.25, 0.3) is 0 Å². The van der Waals surface area contributed by atoms with Crippen LogP contribution >= 0.6 is 0 Å². The fourth-order valence-electron chi connectivity index (χ4n) is 4.00. The van der Waals surface area contributed by atoms with Gasteiger partial charge in [0.1, 0.15) is 11.5 Å². The maximum atomic E-state index is 6.19. The smallest absolute Gasteiger partial charge is 0.122 e. The van der Waals surface area contributed by atoms with Gasteiger partial charge in [-0.15, -0.1) is 0 Å². The topological polar surface area (TPSA) is 40.2 Å². The summed E-state index contributed by atoms with van der Waals surface area (Å²) in [6.07, 6.45) is 4.53. The first-order chi connectivity index (χ1) is 11.7. The molecule has 134 valence electrons. The molecule has 0 unspecified atom stereocenters. The van der Waals surface area contributed by atoms with Gasteiger partial charge in [0.15, 0.2) is 0 Å². The number of piperidine rings is 1. The number of likely N-dealkylation sites (tertiary alicyclic amines) is 1. The van der Waals surface area contributed by atoms with Gasteiger partial charge < -0.3 is 18.9 Å². The minimum absolute atomic E-state index is 0.0738. The van der Waals surface area contributed by atoms with E-state index in [1.165, 1.54) is 5.56 Å². The van der Waals surface area contributed by atoms with Crippen LogP contribution in [0.2, 0.25) is 0 Å². The summed E-state index contributed by atoms with van der Waals surface area (Å²) in [4.78, 5) is 2.48. The predicted molar refractivity (Wildman–Crippen MR) is 92.8 cm³/mol. The van der Waals surface area contributed by atoms with E-state index < -0.39 is 0 Å². The van der Waals surface area contributed by atoms with Crippen LogP contribution in [-0.2, 0) is 16.0 Å². The highest BCUT2D eigenvalue weighted by atomic mass is 16.5. The van der Waals surface area contributed by atoms with Crippen LogP contribution in [0.3, 0.4) is 0 Å². The Morgan fingerprint density at radius 2 is 1.75 bits per heavy atom. The second kappa shape index (κ2) is 7.72. The minimum atomic E-state index is -0.0738. The predicted octanol–water partition coefficient (Wildman–Crippen LogP) is 2.86. The molecule has 0 aromatic heterocycles. The first-order valence-electron chi connectivity index (χ1n) is 8.80. The summed E-state index contributed by atoms with van der Waals surface area (Å²) in [6.45, 7) is 3.83. The molecule has 0 N–H and O–H groups in total. The normalized spacial score (nSPS) is 24.0. The molecular formula is C19H29NO4. The van der Waals surface area contributed by atoms with Gasteiger partial charge in [0.2, 0.25) is 0 Å². The van der Waals surface area contributed by atoms with Crippen molar-refractivity contribution < 1.29 is 18.9 Å². The van der Waals surface area contributed by atoms with Gasteiger partial charge in [0.25, 0.3) is 0 Å². The Bertz CT molecular complexity index is 518. The maximum Gasteiger partial charge on any atom is 0.122 e. The molecule has 2 aliphatic heterocycles. The van der Waals surface area contributed by atoms with Crippen LogP contribution in [0.4, 0.5) is 0 Å². The maximum absolute atomic E-state index is 6.19. The number of hydrogen-bond acceptors (Lipinski definition) is 5. The Labute approximate surface area is 144 Å². The van der Waals surface area contributed by atoms with Gasteiger partial charge >= 0.3 is 0 Å². The number of benzene rings is 1. The molecular weight excluding hydrogens is 306 g/mol. The van der Waals surface area contributed by atoms with E-state index in [9.17, 15) is 0 Å². The zero-order valence-corrected chi connectivity index (χ0v) is 15.0. The fourth-order valence-corrected chi connectivity index (χ4v) is 4.00. The Hall–Kier alpha value is -1.30. The molecule has 1 aromatic rings. The molecule has 2 heterocycles. The van der Waals surface area contributed by atoms with Crippen LogP contribution in [0, 0.1) is 0 Å². The summed E-state index contributed by atoms with van der Waals surface area (Å²) in [5, 5.41) is 0. The zero-order valence-electron chi connectivity index (χ0n) is 15.0. The Morgan fingerprint density at radius 1 is 1.08 bits per heavy atom. The molecule has 3 rings (SSSR count). The van der Waals surface area contributed by atoms with E-state index in [-0.39, 0.29) is 11.7 Å². The van der Waals surface area contributed by atoms with Crippen molar-refractivity contribution in [2.75, 3.05) is 41.0 Å². The Balaban J connectivity index is 1.63. The van der Waals surface area contributed by atoms with Gasteiger partial charge in [-0.3, -0.25) is 4.90 Å². The molecule has 0 bridgehead atoms. The molecule has 1 atom stereocenters. The molecule has 1 aromatic carbocycles. The third-order valence-electron chi connectivity index (χ3n) is 5.39. The lowest BCUT2D eigenvalue weighted by atomic mass is 9.81. The highest BCUT2D eigenvalue weighted by Gasteiger charge is 2.44. The van der Waals surface area contributed by atoms with Crippen molar-refractivity contribution in [3.63, 3.8) is 0 Å². The lowest BCUT2D eigenvalue weighted by Crippen LogP contribution is -2.55. The van der Waals surface area contributed by atoms with Crippen molar-refractivity contribution in [1.82, 2.24) is 4.90 Å². The molecule has 2 saturated heterocycles. The summed E-state index contributed by atoms with van der Waals surface area (Å²) < 4.78 is 22.7. The van der Waals surface area contributed by atoms with Gasteiger partial charge in [0.05, 0.1) is 25.9 Å². The van der Waals surface area contributed by atoms with E-state index >= 15 is 0 Å². The van der Waals surface area contributed by atoms with E-state index in [4.69, 9.17) is 18.9 Å². The molecule has 2 fully saturated rings. The number of methoxy groups -OCH3 is 3. The average molecular weight is 335 g/mol. The van der Waals surface area contributed by atoms with Gasteiger partial charge in [0, 0.05) is 39.4 Å². The van der Waals surface area contributed by atoms with E-state index in [0.717, 1.165) is 63.4 Å². The van der Waals surface area contributed by atoms with Crippen molar-refractivity contribution in [3.8, 4) is 11.5 Å². The Kier molecular flexibility index (Phi) is 5.64. The number of ether oxygens (including phenoxy) is 4. The third-order valence-corrected chi connectivity index (χ3v) is 5.39. The highest BCUT2D eigenvalue weighted by Crippen LogP contribution is 2.37. The van der Waals surface area contributed by atoms with Gasteiger partial charge in [-0.05, 0) is 43.4 Å². The summed E-state index contributed by atoms with van der Waals surface area (Å²) in [6, 6.07) is 6.08. The van der Waals surface area contributed by atoms with Crippen molar-refractivity contribution >= 4 is 0 Å². The number of nitrogens with zero attached hydrogens (tertiary/aromatic N) is 1. The van der Waals surface area contributed by atoms with Gasteiger partial charge in [-0.25, -0.2) is 0 Å². The molecule has 0 radical (unpaired) electrons. The average Bonchev–Trinajstić information content (AvgIpc) is 2.63. The number of hydrogen-bond donors (Lipinski definition) is 0. The summed E-state index contributed by atoms with van der Waals surface area (Å²) in [7, 11) is 5.19. The van der Waals surface area contributed by atoms with Gasteiger partial charge in [-0.2, -0.15) is 0 Å². The van der Waals surface area contributed by atoms with Crippen LogP contribution in [0.1, 0.15) is 31.2 Å². The third kappa shape index (κ3) is 3.68.